The summed E-state index contributed by atoms with van der Waals surface area (Å²) >= 11 is 5.36. The Kier molecular flexibility index (Phi) is 6.29. The predicted molar refractivity (Wildman–Crippen MR) is 78.9 cm³/mol. The highest BCUT2D eigenvalue weighted by Gasteiger charge is 2.11. The van der Waals surface area contributed by atoms with E-state index in [-0.39, 0.29) is 12.0 Å². The Morgan fingerprint density at radius 3 is 2.58 bits per heavy atom. The summed E-state index contributed by atoms with van der Waals surface area (Å²) in [6.07, 6.45) is 3.91. The standard InChI is InChI=1S/C15H22ClNO2/c1-4-5-6-9-17-12(3)10-11(2)13(15(17)19)7-8-14(16)18/h10H,4-9H2,1-3H3. The Morgan fingerprint density at radius 2 is 2.00 bits per heavy atom. The number of rotatable bonds is 7. The highest BCUT2D eigenvalue weighted by Crippen LogP contribution is 2.10. The number of nitrogens with zero attached hydrogens (tertiary/aromatic N) is 1. The molecule has 1 aromatic heterocycles. The number of pyridine rings is 1. The molecule has 0 aliphatic rings. The number of unbranched alkanes of at least 4 members (excludes halogenated alkanes) is 2. The van der Waals surface area contributed by atoms with Gasteiger partial charge in [-0.05, 0) is 49.9 Å². The molecule has 1 rings (SSSR count). The molecule has 0 bridgehead atoms. The third kappa shape index (κ3) is 4.50. The van der Waals surface area contributed by atoms with Gasteiger partial charge in [0.1, 0.15) is 0 Å². The molecule has 3 nitrogen and oxygen atoms in total. The molecule has 0 unspecified atom stereocenters. The third-order valence-electron chi connectivity index (χ3n) is 3.39. The maximum absolute atomic E-state index is 12.4. The Morgan fingerprint density at radius 1 is 1.32 bits per heavy atom. The van der Waals surface area contributed by atoms with Gasteiger partial charge in [-0.3, -0.25) is 9.59 Å². The minimum absolute atomic E-state index is 0.0338. The number of aryl methyl sites for hydroxylation is 2. The van der Waals surface area contributed by atoms with Crippen LogP contribution in [0.4, 0.5) is 0 Å². The molecular formula is C15H22ClNO2. The topological polar surface area (TPSA) is 39.1 Å². The van der Waals surface area contributed by atoms with Gasteiger partial charge in [0.25, 0.3) is 5.56 Å². The van der Waals surface area contributed by atoms with Gasteiger partial charge < -0.3 is 4.57 Å². The first-order valence-electron chi connectivity index (χ1n) is 6.85. The monoisotopic (exact) mass is 283 g/mol. The number of carbonyl (C=O) groups is 1. The second-order valence-electron chi connectivity index (χ2n) is 4.97. The van der Waals surface area contributed by atoms with Gasteiger partial charge in [-0.15, -0.1) is 0 Å². The molecule has 0 aromatic carbocycles. The van der Waals surface area contributed by atoms with Crippen LogP contribution < -0.4 is 5.56 Å². The van der Waals surface area contributed by atoms with E-state index in [9.17, 15) is 9.59 Å². The lowest BCUT2D eigenvalue weighted by molar-refractivity contribution is -0.111. The third-order valence-corrected chi connectivity index (χ3v) is 3.58. The van der Waals surface area contributed by atoms with E-state index in [0.29, 0.717) is 6.42 Å². The van der Waals surface area contributed by atoms with Crippen LogP contribution in [0.25, 0.3) is 0 Å². The molecule has 0 aliphatic carbocycles. The number of hydrogen-bond acceptors (Lipinski definition) is 2. The average molecular weight is 284 g/mol. The maximum Gasteiger partial charge on any atom is 0.254 e. The SMILES string of the molecule is CCCCCn1c(C)cc(C)c(CCC(=O)Cl)c1=O. The Bertz CT molecular complexity index is 506. The van der Waals surface area contributed by atoms with Gasteiger partial charge in [0.15, 0.2) is 0 Å². The highest BCUT2D eigenvalue weighted by molar-refractivity contribution is 6.63. The van der Waals surface area contributed by atoms with Crippen molar-refractivity contribution in [3.8, 4) is 0 Å². The summed E-state index contributed by atoms with van der Waals surface area (Å²) in [6.45, 7) is 6.76. The molecule has 19 heavy (non-hydrogen) atoms. The average Bonchev–Trinajstić information content (AvgIpc) is 2.32. The molecule has 0 N–H and O–H groups in total. The van der Waals surface area contributed by atoms with Crippen LogP contribution in [0.1, 0.15) is 49.4 Å². The lowest BCUT2D eigenvalue weighted by atomic mass is 10.0. The van der Waals surface area contributed by atoms with E-state index >= 15 is 0 Å². The fraction of sp³-hybridized carbons (Fsp3) is 0.600. The summed E-state index contributed by atoms with van der Waals surface area (Å²) in [4.78, 5) is 23.3. The Balaban J connectivity index is 3.01. The van der Waals surface area contributed by atoms with Crippen molar-refractivity contribution in [3.63, 3.8) is 0 Å². The first-order valence-corrected chi connectivity index (χ1v) is 7.23. The van der Waals surface area contributed by atoms with Crippen LogP contribution in [0, 0.1) is 13.8 Å². The number of hydrogen-bond donors (Lipinski definition) is 0. The zero-order valence-electron chi connectivity index (χ0n) is 12.0. The van der Waals surface area contributed by atoms with E-state index in [0.717, 1.165) is 42.6 Å². The van der Waals surface area contributed by atoms with Gasteiger partial charge >= 0.3 is 0 Å². The second-order valence-corrected chi connectivity index (χ2v) is 5.39. The van der Waals surface area contributed by atoms with Crippen molar-refractivity contribution in [1.82, 2.24) is 4.57 Å². The Labute approximate surface area is 119 Å². The van der Waals surface area contributed by atoms with Crippen LogP contribution in [0.3, 0.4) is 0 Å². The molecule has 0 spiro atoms. The maximum atomic E-state index is 12.4. The van der Waals surface area contributed by atoms with Crippen molar-refractivity contribution in [2.24, 2.45) is 0 Å². The predicted octanol–water partition coefficient (Wildman–Crippen LogP) is 3.35. The van der Waals surface area contributed by atoms with Crippen LogP contribution in [0.2, 0.25) is 0 Å². The fourth-order valence-corrected chi connectivity index (χ4v) is 2.39. The second kappa shape index (κ2) is 7.49. The summed E-state index contributed by atoms with van der Waals surface area (Å²) < 4.78 is 1.82. The van der Waals surface area contributed by atoms with E-state index < -0.39 is 5.24 Å². The molecule has 0 aliphatic heterocycles. The molecule has 106 valence electrons. The summed E-state index contributed by atoms with van der Waals surface area (Å²) in [7, 11) is 0. The van der Waals surface area contributed by atoms with Crippen LogP contribution >= 0.6 is 11.6 Å². The molecule has 0 atom stereocenters. The van der Waals surface area contributed by atoms with E-state index in [2.05, 4.69) is 6.92 Å². The minimum Gasteiger partial charge on any atom is -0.313 e. The molecule has 1 aromatic rings. The molecule has 0 amide bonds. The summed E-state index contributed by atoms with van der Waals surface area (Å²) in [6, 6.07) is 2.02. The first kappa shape index (κ1) is 16.0. The van der Waals surface area contributed by atoms with Crippen LogP contribution in [0.5, 0.6) is 0 Å². The van der Waals surface area contributed by atoms with Crippen molar-refractivity contribution in [2.75, 3.05) is 0 Å². The van der Waals surface area contributed by atoms with Crippen molar-refractivity contribution in [2.45, 2.75) is 59.4 Å². The summed E-state index contributed by atoms with van der Waals surface area (Å²) in [5.41, 5.74) is 2.69. The first-order chi connectivity index (χ1) is 8.97. The number of carbonyl (C=O) groups excluding carboxylic acids is 1. The summed E-state index contributed by atoms with van der Waals surface area (Å²) in [5.74, 6) is 0. The van der Waals surface area contributed by atoms with Gasteiger partial charge in [0, 0.05) is 24.2 Å². The van der Waals surface area contributed by atoms with E-state index in [1.807, 2.05) is 24.5 Å². The highest BCUT2D eigenvalue weighted by atomic mass is 35.5. The normalized spacial score (nSPS) is 10.7. The molecule has 1 heterocycles. The number of halogens is 1. The van der Waals surface area contributed by atoms with Crippen molar-refractivity contribution in [3.05, 3.63) is 33.2 Å². The molecule has 0 saturated carbocycles. The quantitative estimate of drug-likeness (QED) is 0.569. The zero-order chi connectivity index (χ0) is 14.4. The van der Waals surface area contributed by atoms with Crippen LogP contribution in [-0.4, -0.2) is 9.81 Å². The van der Waals surface area contributed by atoms with E-state index in [4.69, 9.17) is 11.6 Å². The molecule has 0 saturated heterocycles. The molecule has 4 heteroatoms. The van der Waals surface area contributed by atoms with Crippen molar-refractivity contribution in [1.29, 1.82) is 0 Å². The lowest BCUT2D eigenvalue weighted by Gasteiger charge is -2.14. The Hall–Kier alpha value is -1.09. The van der Waals surface area contributed by atoms with Gasteiger partial charge in [0.05, 0.1) is 0 Å². The van der Waals surface area contributed by atoms with Crippen molar-refractivity contribution < 1.29 is 4.79 Å². The van der Waals surface area contributed by atoms with Crippen molar-refractivity contribution >= 4 is 16.8 Å². The van der Waals surface area contributed by atoms with Crippen LogP contribution in [-0.2, 0) is 17.8 Å². The molecule has 0 radical (unpaired) electrons. The van der Waals surface area contributed by atoms with Crippen LogP contribution in [0.15, 0.2) is 10.9 Å². The zero-order valence-corrected chi connectivity index (χ0v) is 12.7. The van der Waals surface area contributed by atoms with Gasteiger partial charge in [0.2, 0.25) is 5.24 Å². The smallest absolute Gasteiger partial charge is 0.254 e. The van der Waals surface area contributed by atoms with E-state index in [1.165, 1.54) is 0 Å². The minimum atomic E-state index is -0.392. The largest absolute Gasteiger partial charge is 0.313 e. The van der Waals surface area contributed by atoms with Gasteiger partial charge in [-0.2, -0.15) is 0 Å². The fourth-order valence-electron chi connectivity index (χ4n) is 2.30. The van der Waals surface area contributed by atoms with Gasteiger partial charge in [-0.25, -0.2) is 0 Å². The molecular weight excluding hydrogens is 262 g/mol. The van der Waals surface area contributed by atoms with Gasteiger partial charge in [-0.1, -0.05) is 19.8 Å². The lowest BCUT2D eigenvalue weighted by Crippen LogP contribution is -2.27. The molecule has 0 fully saturated rings. The summed E-state index contributed by atoms with van der Waals surface area (Å²) in [5, 5.41) is -0.392. The van der Waals surface area contributed by atoms with E-state index in [1.54, 1.807) is 0 Å². The number of aromatic nitrogens is 1.